The molecule has 0 spiro atoms. The fourth-order valence-corrected chi connectivity index (χ4v) is 2.29. The van der Waals surface area contributed by atoms with Crippen molar-refractivity contribution in [3.05, 3.63) is 23.9 Å². The Morgan fingerprint density at radius 1 is 1.50 bits per heavy atom. The molecule has 0 saturated carbocycles. The summed E-state index contributed by atoms with van der Waals surface area (Å²) in [7, 11) is 0. The molecule has 1 aromatic carbocycles. The molecule has 1 saturated heterocycles. The summed E-state index contributed by atoms with van der Waals surface area (Å²) in [6, 6.07) is 5.58. The van der Waals surface area contributed by atoms with Crippen molar-refractivity contribution in [2.24, 2.45) is 0 Å². The molecule has 1 atom stereocenters. The van der Waals surface area contributed by atoms with Crippen LogP contribution in [0.5, 0.6) is 5.75 Å². The molecule has 1 aromatic heterocycles. The number of nitrogens with zero attached hydrogens (tertiary/aromatic N) is 1. The quantitative estimate of drug-likeness (QED) is 0.807. The van der Waals surface area contributed by atoms with Gasteiger partial charge in [-0.15, -0.1) is 0 Å². The number of benzene rings is 1. The van der Waals surface area contributed by atoms with Gasteiger partial charge in [-0.2, -0.15) is 0 Å². The van der Waals surface area contributed by atoms with E-state index in [4.69, 9.17) is 4.52 Å². The van der Waals surface area contributed by atoms with Crippen LogP contribution < -0.4 is 5.32 Å². The Morgan fingerprint density at radius 2 is 2.44 bits per heavy atom. The molecule has 2 N–H and O–H groups in total. The molecule has 1 unspecified atom stereocenters. The lowest BCUT2D eigenvalue weighted by Crippen LogP contribution is -2.23. The Hall–Kier alpha value is -1.55. The van der Waals surface area contributed by atoms with Gasteiger partial charge in [-0.05, 0) is 37.6 Å². The number of fused-ring (bicyclic) bond motifs is 1. The molecule has 4 nitrogen and oxygen atoms in total. The van der Waals surface area contributed by atoms with E-state index in [9.17, 15) is 5.11 Å². The standard InChI is InChI=1S/C12H14N2O2/c15-9-3-4-12-10(7-9)11(14-16-12)6-8-2-1-5-13-8/h3-4,7-8,13,15H,1-2,5-6H2. The number of rotatable bonds is 2. The maximum Gasteiger partial charge on any atom is 0.167 e. The number of hydrogen-bond donors (Lipinski definition) is 2. The number of aromatic hydroxyl groups is 1. The maximum absolute atomic E-state index is 9.45. The molecule has 84 valence electrons. The normalized spacial score (nSPS) is 20.6. The molecule has 2 aromatic rings. The maximum atomic E-state index is 9.45. The summed E-state index contributed by atoms with van der Waals surface area (Å²) in [5.41, 5.74) is 1.68. The van der Waals surface area contributed by atoms with Gasteiger partial charge >= 0.3 is 0 Å². The second kappa shape index (κ2) is 3.79. The fraction of sp³-hybridized carbons (Fsp3) is 0.417. The summed E-state index contributed by atoms with van der Waals surface area (Å²) in [6.45, 7) is 1.09. The SMILES string of the molecule is Oc1ccc2onc(CC3CCCN3)c2c1. The van der Waals surface area contributed by atoms with Crippen molar-refractivity contribution < 1.29 is 9.63 Å². The van der Waals surface area contributed by atoms with Gasteiger partial charge in [0.05, 0.1) is 5.69 Å². The van der Waals surface area contributed by atoms with Crippen LogP contribution in [0.3, 0.4) is 0 Å². The van der Waals surface area contributed by atoms with E-state index in [1.54, 1.807) is 18.2 Å². The molecule has 0 radical (unpaired) electrons. The van der Waals surface area contributed by atoms with Gasteiger partial charge in [0, 0.05) is 17.8 Å². The minimum atomic E-state index is 0.260. The van der Waals surface area contributed by atoms with Gasteiger partial charge in [-0.3, -0.25) is 0 Å². The molecule has 1 aliphatic heterocycles. The number of phenols is 1. The first kappa shape index (κ1) is 9.66. The predicted molar refractivity (Wildman–Crippen MR) is 60.4 cm³/mol. The third-order valence-corrected chi connectivity index (χ3v) is 3.13. The van der Waals surface area contributed by atoms with Gasteiger partial charge in [0.2, 0.25) is 0 Å². The lowest BCUT2D eigenvalue weighted by Gasteiger charge is -2.06. The van der Waals surface area contributed by atoms with Crippen LogP contribution in [0.1, 0.15) is 18.5 Å². The first-order chi connectivity index (χ1) is 7.83. The van der Waals surface area contributed by atoms with E-state index >= 15 is 0 Å². The topological polar surface area (TPSA) is 58.3 Å². The number of aromatic nitrogens is 1. The van der Waals surface area contributed by atoms with Crippen LogP contribution in [-0.4, -0.2) is 22.8 Å². The minimum Gasteiger partial charge on any atom is -0.508 e. The van der Waals surface area contributed by atoms with Gasteiger partial charge < -0.3 is 14.9 Å². The van der Waals surface area contributed by atoms with Gasteiger partial charge in [0.1, 0.15) is 5.75 Å². The molecule has 16 heavy (non-hydrogen) atoms. The minimum absolute atomic E-state index is 0.260. The van der Waals surface area contributed by atoms with Crippen molar-refractivity contribution in [2.45, 2.75) is 25.3 Å². The van der Waals surface area contributed by atoms with Crippen LogP contribution in [0, 0.1) is 0 Å². The number of hydrogen-bond acceptors (Lipinski definition) is 4. The highest BCUT2D eigenvalue weighted by Crippen LogP contribution is 2.24. The molecule has 2 heterocycles. The molecular formula is C12H14N2O2. The third-order valence-electron chi connectivity index (χ3n) is 3.13. The van der Waals surface area contributed by atoms with Crippen LogP contribution >= 0.6 is 0 Å². The van der Waals surface area contributed by atoms with E-state index in [1.165, 1.54) is 12.8 Å². The molecule has 0 amide bonds. The summed E-state index contributed by atoms with van der Waals surface area (Å²) in [5, 5.41) is 17.9. The van der Waals surface area contributed by atoms with E-state index in [-0.39, 0.29) is 5.75 Å². The number of phenolic OH excluding ortho intramolecular Hbond substituents is 1. The van der Waals surface area contributed by atoms with E-state index < -0.39 is 0 Å². The van der Waals surface area contributed by atoms with E-state index in [0.29, 0.717) is 6.04 Å². The van der Waals surface area contributed by atoms with Crippen LogP contribution in [0.15, 0.2) is 22.7 Å². The summed E-state index contributed by atoms with van der Waals surface area (Å²) in [6.07, 6.45) is 3.29. The van der Waals surface area contributed by atoms with Gasteiger partial charge in [-0.25, -0.2) is 0 Å². The smallest absolute Gasteiger partial charge is 0.167 e. The second-order valence-corrected chi connectivity index (χ2v) is 4.31. The van der Waals surface area contributed by atoms with Crippen molar-refractivity contribution in [3.8, 4) is 5.75 Å². The first-order valence-electron chi connectivity index (χ1n) is 5.63. The molecule has 1 fully saturated rings. The Labute approximate surface area is 93.2 Å². The highest BCUT2D eigenvalue weighted by atomic mass is 16.5. The molecule has 0 bridgehead atoms. The molecule has 0 aliphatic carbocycles. The van der Waals surface area contributed by atoms with Crippen LogP contribution in [-0.2, 0) is 6.42 Å². The van der Waals surface area contributed by atoms with Gasteiger partial charge in [0.15, 0.2) is 5.58 Å². The Balaban J connectivity index is 1.93. The van der Waals surface area contributed by atoms with Gasteiger partial charge in [-0.1, -0.05) is 5.16 Å². The van der Waals surface area contributed by atoms with Crippen molar-refractivity contribution in [3.63, 3.8) is 0 Å². The molecule has 3 rings (SSSR count). The zero-order valence-corrected chi connectivity index (χ0v) is 8.94. The third kappa shape index (κ3) is 1.65. The highest BCUT2D eigenvalue weighted by Gasteiger charge is 2.18. The van der Waals surface area contributed by atoms with Crippen molar-refractivity contribution in [2.75, 3.05) is 6.54 Å². The highest BCUT2D eigenvalue weighted by molar-refractivity contribution is 5.80. The lowest BCUT2D eigenvalue weighted by atomic mass is 10.1. The van der Waals surface area contributed by atoms with Crippen LogP contribution in [0.25, 0.3) is 11.0 Å². The molecule has 4 heteroatoms. The second-order valence-electron chi connectivity index (χ2n) is 4.31. The largest absolute Gasteiger partial charge is 0.508 e. The molecular weight excluding hydrogens is 204 g/mol. The van der Waals surface area contributed by atoms with E-state index in [2.05, 4.69) is 10.5 Å². The van der Waals surface area contributed by atoms with Crippen molar-refractivity contribution in [1.82, 2.24) is 10.5 Å². The van der Waals surface area contributed by atoms with E-state index in [0.717, 1.165) is 29.6 Å². The average molecular weight is 218 g/mol. The lowest BCUT2D eigenvalue weighted by molar-refractivity contribution is 0.438. The summed E-state index contributed by atoms with van der Waals surface area (Å²) in [5.74, 6) is 0.260. The van der Waals surface area contributed by atoms with Crippen molar-refractivity contribution >= 4 is 11.0 Å². The predicted octanol–water partition coefficient (Wildman–Crippen LogP) is 1.83. The Morgan fingerprint density at radius 3 is 3.25 bits per heavy atom. The van der Waals surface area contributed by atoms with E-state index in [1.807, 2.05) is 0 Å². The zero-order valence-electron chi connectivity index (χ0n) is 8.94. The van der Waals surface area contributed by atoms with Gasteiger partial charge in [0.25, 0.3) is 0 Å². The summed E-state index contributed by atoms with van der Waals surface area (Å²) < 4.78 is 5.23. The fourth-order valence-electron chi connectivity index (χ4n) is 2.29. The Kier molecular flexibility index (Phi) is 2.29. The van der Waals surface area contributed by atoms with Crippen molar-refractivity contribution in [1.29, 1.82) is 0 Å². The van der Waals surface area contributed by atoms with Crippen LogP contribution in [0.4, 0.5) is 0 Å². The van der Waals surface area contributed by atoms with Crippen LogP contribution in [0.2, 0.25) is 0 Å². The average Bonchev–Trinajstić information content (AvgIpc) is 2.90. The first-order valence-corrected chi connectivity index (χ1v) is 5.63. The Bertz CT molecular complexity index is 501. The number of nitrogens with one attached hydrogen (secondary N) is 1. The summed E-state index contributed by atoms with van der Waals surface area (Å²) in [4.78, 5) is 0. The zero-order chi connectivity index (χ0) is 11.0. The molecule has 1 aliphatic rings. The summed E-state index contributed by atoms with van der Waals surface area (Å²) >= 11 is 0. The monoisotopic (exact) mass is 218 g/mol.